The van der Waals surface area contributed by atoms with Crippen molar-refractivity contribution in [2.24, 2.45) is 0 Å². The number of rotatable bonds is 7. The van der Waals surface area contributed by atoms with Crippen LogP contribution in [0.25, 0.3) is 10.8 Å². The largest absolute Gasteiger partial charge is 0.489 e. The van der Waals surface area contributed by atoms with Gasteiger partial charge in [-0.1, -0.05) is 60.7 Å². The number of benzene rings is 3. The highest BCUT2D eigenvalue weighted by atomic mass is 16.5. The SMILES string of the molecule is C[C@@H](O)CNCc1c(OCc2ccccc2)ccc2ccccc12. The van der Waals surface area contributed by atoms with Crippen LogP contribution in [0.5, 0.6) is 5.75 Å². The van der Waals surface area contributed by atoms with E-state index in [1.807, 2.05) is 36.4 Å². The molecule has 124 valence electrons. The Morgan fingerprint density at radius 1 is 0.958 bits per heavy atom. The van der Waals surface area contributed by atoms with Crippen LogP contribution in [0.15, 0.2) is 66.7 Å². The lowest BCUT2D eigenvalue weighted by Crippen LogP contribution is -2.24. The third-order valence-electron chi connectivity index (χ3n) is 3.98. The summed E-state index contributed by atoms with van der Waals surface area (Å²) in [5.41, 5.74) is 2.28. The van der Waals surface area contributed by atoms with Gasteiger partial charge in [-0.05, 0) is 29.3 Å². The van der Waals surface area contributed by atoms with Gasteiger partial charge in [0.05, 0.1) is 6.10 Å². The molecule has 3 aromatic rings. The molecular weight excluding hydrogens is 298 g/mol. The zero-order valence-corrected chi connectivity index (χ0v) is 13.9. The molecule has 0 aliphatic carbocycles. The van der Waals surface area contributed by atoms with Crippen molar-refractivity contribution in [1.29, 1.82) is 0 Å². The number of ether oxygens (including phenoxy) is 1. The molecule has 24 heavy (non-hydrogen) atoms. The third-order valence-corrected chi connectivity index (χ3v) is 3.98. The van der Waals surface area contributed by atoms with Gasteiger partial charge in [-0.25, -0.2) is 0 Å². The summed E-state index contributed by atoms with van der Waals surface area (Å²) < 4.78 is 6.09. The van der Waals surface area contributed by atoms with Crippen molar-refractivity contribution in [3.05, 3.63) is 77.9 Å². The fourth-order valence-electron chi connectivity index (χ4n) is 2.77. The summed E-state index contributed by atoms with van der Waals surface area (Å²) in [5.74, 6) is 0.885. The van der Waals surface area contributed by atoms with Gasteiger partial charge in [0.15, 0.2) is 0 Å². The van der Waals surface area contributed by atoms with E-state index in [9.17, 15) is 5.11 Å². The standard InChI is InChI=1S/C21H23NO2/c1-16(23)13-22-14-20-19-10-6-5-9-18(19)11-12-21(20)24-15-17-7-3-2-4-8-17/h2-12,16,22-23H,13-15H2,1H3/t16-/m1/s1. The van der Waals surface area contributed by atoms with E-state index in [0.29, 0.717) is 19.7 Å². The molecule has 0 aliphatic heterocycles. The van der Waals surface area contributed by atoms with Crippen molar-refractivity contribution in [3.63, 3.8) is 0 Å². The lowest BCUT2D eigenvalue weighted by Gasteiger charge is -2.16. The minimum Gasteiger partial charge on any atom is -0.489 e. The molecule has 0 radical (unpaired) electrons. The molecule has 0 fully saturated rings. The maximum atomic E-state index is 9.47. The van der Waals surface area contributed by atoms with Gasteiger partial charge in [0.1, 0.15) is 12.4 Å². The molecule has 3 heteroatoms. The van der Waals surface area contributed by atoms with E-state index in [4.69, 9.17) is 4.74 Å². The van der Waals surface area contributed by atoms with E-state index in [1.165, 1.54) is 10.8 Å². The molecule has 0 saturated carbocycles. The molecule has 0 spiro atoms. The summed E-state index contributed by atoms with van der Waals surface area (Å²) in [5, 5.41) is 15.1. The Balaban J connectivity index is 1.85. The van der Waals surface area contributed by atoms with E-state index in [2.05, 4.69) is 35.6 Å². The van der Waals surface area contributed by atoms with Gasteiger partial charge >= 0.3 is 0 Å². The van der Waals surface area contributed by atoms with Crippen LogP contribution in [-0.4, -0.2) is 17.8 Å². The first-order chi connectivity index (χ1) is 11.7. The second kappa shape index (κ2) is 7.95. The van der Waals surface area contributed by atoms with Crippen molar-refractivity contribution < 1.29 is 9.84 Å². The van der Waals surface area contributed by atoms with Crippen molar-refractivity contribution in [1.82, 2.24) is 5.32 Å². The molecule has 3 rings (SSSR count). The molecule has 0 bridgehead atoms. The Morgan fingerprint density at radius 2 is 1.71 bits per heavy atom. The number of nitrogens with one attached hydrogen (secondary N) is 1. The van der Waals surface area contributed by atoms with E-state index >= 15 is 0 Å². The predicted molar refractivity (Wildman–Crippen MR) is 98.1 cm³/mol. The molecule has 1 atom stereocenters. The van der Waals surface area contributed by atoms with Gasteiger partial charge in [-0.2, -0.15) is 0 Å². The lowest BCUT2D eigenvalue weighted by molar-refractivity contribution is 0.190. The monoisotopic (exact) mass is 321 g/mol. The van der Waals surface area contributed by atoms with E-state index in [0.717, 1.165) is 16.9 Å². The van der Waals surface area contributed by atoms with Crippen LogP contribution < -0.4 is 10.1 Å². The Bertz CT molecular complexity index is 784. The minimum absolute atomic E-state index is 0.367. The van der Waals surface area contributed by atoms with Crippen LogP contribution in [-0.2, 0) is 13.2 Å². The highest BCUT2D eigenvalue weighted by Gasteiger charge is 2.09. The molecule has 0 heterocycles. The van der Waals surface area contributed by atoms with Gasteiger partial charge < -0.3 is 15.2 Å². The first-order valence-electron chi connectivity index (χ1n) is 8.30. The van der Waals surface area contributed by atoms with E-state index in [-0.39, 0.29) is 6.10 Å². The summed E-state index contributed by atoms with van der Waals surface area (Å²) >= 11 is 0. The van der Waals surface area contributed by atoms with Gasteiger partial charge in [0.2, 0.25) is 0 Å². The van der Waals surface area contributed by atoms with Gasteiger partial charge in [0, 0.05) is 18.7 Å². The quantitative estimate of drug-likeness (QED) is 0.694. The van der Waals surface area contributed by atoms with Crippen LogP contribution in [0.2, 0.25) is 0 Å². The Morgan fingerprint density at radius 3 is 2.50 bits per heavy atom. The van der Waals surface area contributed by atoms with Crippen LogP contribution in [0.3, 0.4) is 0 Å². The summed E-state index contributed by atoms with van der Waals surface area (Å²) in [7, 11) is 0. The molecule has 2 N–H and O–H groups in total. The topological polar surface area (TPSA) is 41.5 Å². The number of hydrogen-bond acceptors (Lipinski definition) is 3. The van der Waals surface area contributed by atoms with Crippen molar-refractivity contribution in [3.8, 4) is 5.75 Å². The summed E-state index contributed by atoms with van der Waals surface area (Å²) in [6, 6.07) is 22.6. The molecule has 0 saturated heterocycles. The van der Waals surface area contributed by atoms with E-state index in [1.54, 1.807) is 6.92 Å². The molecular formula is C21H23NO2. The highest BCUT2D eigenvalue weighted by molar-refractivity contribution is 5.87. The zero-order valence-electron chi connectivity index (χ0n) is 13.9. The van der Waals surface area contributed by atoms with Crippen LogP contribution in [0, 0.1) is 0 Å². The lowest BCUT2D eigenvalue weighted by atomic mass is 10.0. The van der Waals surface area contributed by atoms with Crippen molar-refractivity contribution >= 4 is 10.8 Å². The molecule has 0 amide bonds. The highest BCUT2D eigenvalue weighted by Crippen LogP contribution is 2.28. The first-order valence-corrected chi connectivity index (χ1v) is 8.30. The van der Waals surface area contributed by atoms with Crippen LogP contribution >= 0.6 is 0 Å². The summed E-state index contributed by atoms with van der Waals surface area (Å²) in [4.78, 5) is 0. The summed E-state index contributed by atoms with van der Waals surface area (Å²) in [6.45, 7) is 3.54. The average Bonchev–Trinajstić information content (AvgIpc) is 2.61. The third kappa shape index (κ3) is 4.13. The normalized spacial score (nSPS) is 12.2. The second-order valence-electron chi connectivity index (χ2n) is 6.02. The maximum absolute atomic E-state index is 9.47. The molecule has 3 aromatic carbocycles. The maximum Gasteiger partial charge on any atom is 0.124 e. The van der Waals surface area contributed by atoms with Gasteiger partial charge in [0.25, 0.3) is 0 Å². The average molecular weight is 321 g/mol. The van der Waals surface area contributed by atoms with Crippen LogP contribution in [0.1, 0.15) is 18.1 Å². The molecule has 0 aliphatic rings. The van der Waals surface area contributed by atoms with Crippen molar-refractivity contribution in [2.45, 2.75) is 26.2 Å². The molecule has 3 nitrogen and oxygen atoms in total. The molecule has 0 unspecified atom stereocenters. The van der Waals surface area contributed by atoms with Crippen LogP contribution in [0.4, 0.5) is 0 Å². The smallest absolute Gasteiger partial charge is 0.124 e. The Labute approximate surface area is 142 Å². The minimum atomic E-state index is -0.367. The Hall–Kier alpha value is -2.36. The number of aliphatic hydroxyl groups excluding tert-OH is 1. The van der Waals surface area contributed by atoms with Gasteiger partial charge in [-0.3, -0.25) is 0 Å². The number of hydrogen-bond donors (Lipinski definition) is 2. The fraction of sp³-hybridized carbons (Fsp3) is 0.238. The van der Waals surface area contributed by atoms with Crippen molar-refractivity contribution in [2.75, 3.05) is 6.54 Å². The Kier molecular flexibility index (Phi) is 5.47. The number of fused-ring (bicyclic) bond motifs is 1. The number of aliphatic hydroxyl groups is 1. The van der Waals surface area contributed by atoms with Gasteiger partial charge in [-0.15, -0.1) is 0 Å². The summed E-state index contributed by atoms with van der Waals surface area (Å²) in [6.07, 6.45) is -0.367. The zero-order chi connectivity index (χ0) is 16.8. The first kappa shape index (κ1) is 16.5. The van der Waals surface area contributed by atoms with E-state index < -0.39 is 0 Å². The predicted octanol–water partition coefficient (Wildman–Crippen LogP) is 3.89. The molecule has 0 aromatic heterocycles. The fourth-order valence-corrected chi connectivity index (χ4v) is 2.77. The second-order valence-corrected chi connectivity index (χ2v) is 6.02.